The average Bonchev–Trinajstić information content (AvgIpc) is 3.34. The first kappa shape index (κ1) is 33.9. The van der Waals surface area contributed by atoms with Gasteiger partial charge >= 0.3 is 6.09 Å². The lowest BCUT2D eigenvalue weighted by atomic mass is 9.98. The fourth-order valence-corrected chi connectivity index (χ4v) is 4.48. The number of fused-ring (bicyclic) bond motifs is 3. The van der Waals surface area contributed by atoms with Gasteiger partial charge in [-0.05, 0) is 35.6 Å². The van der Waals surface area contributed by atoms with Crippen molar-refractivity contribution in [3.8, 4) is 11.1 Å². The molecule has 0 radical (unpaired) electrons. The SMILES string of the molecule is CCOCCOCCOCCOCCOCCOCCOCCCNC(=O)OCC1c2ccccc2-c2ccccc21. The van der Waals surface area contributed by atoms with E-state index in [0.29, 0.717) is 112 Å². The molecule has 2 aromatic carbocycles. The first-order valence-electron chi connectivity index (χ1n) is 14.9. The van der Waals surface area contributed by atoms with Crippen LogP contribution in [0.25, 0.3) is 11.1 Å². The van der Waals surface area contributed by atoms with Crippen LogP contribution in [0.3, 0.4) is 0 Å². The maximum atomic E-state index is 12.2. The van der Waals surface area contributed by atoms with E-state index in [1.54, 1.807) is 0 Å². The highest BCUT2D eigenvalue weighted by molar-refractivity contribution is 5.79. The lowest BCUT2D eigenvalue weighted by Crippen LogP contribution is -2.27. The highest BCUT2D eigenvalue weighted by Crippen LogP contribution is 2.44. The van der Waals surface area contributed by atoms with E-state index in [-0.39, 0.29) is 5.92 Å². The van der Waals surface area contributed by atoms with Crippen molar-refractivity contribution in [2.45, 2.75) is 19.3 Å². The summed E-state index contributed by atoms with van der Waals surface area (Å²) in [6.07, 6.45) is 0.287. The van der Waals surface area contributed by atoms with E-state index in [1.165, 1.54) is 22.3 Å². The molecule has 0 spiro atoms. The first-order valence-corrected chi connectivity index (χ1v) is 14.9. The smallest absolute Gasteiger partial charge is 0.407 e. The molecule has 0 saturated heterocycles. The number of amides is 1. The Morgan fingerprint density at radius 2 is 1.00 bits per heavy atom. The standard InChI is InChI=1S/C32H47NO9/c1-2-35-14-15-37-18-19-39-22-23-41-25-24-40-21-20-38-17-16-36-13-7-12-33-32(34)42-26-31-29-10-5-3-8-27(29)28-9-4-6-11-30(28)31/h3-6,8-11,31H,2,7,12-26H2,1H3,(H,33,34). The van der Waals surface area contributed by atoms with E-state index in [2.05, 4.69) is 29.6 Å². The Labute approximate surface area is 249 Å². The van der Waals surface area contributed by atoms with Crippen molar-refractivity contribution in [2.24, 2.45) is 0 Å². The van der Waals surface area contributed by atoms with Crippen LogP contribution in [-0.2, 0) is 37.9 Å². The minimum atomic E-state index is -0.409. The molecule has 0 atom stereocenters. The molecule has 2 aromatic rings. The number of ether oxygens (including phenoxy) is 8. The number of rotatable bonds is 25. The van der Waals surface area contributed by atoms with E-state index < -0.39 is 6.09 Å². The number of hydrogen-bond acceptors (Lipinski definition) is 9. The van der Waals surface area contributed by atoms with Crippen molar-refractivity contribution in [1.82, 2.24) is 5.32 Å². The van der Waals surface area contributed by atoms with E-state index in [0.717, 1.165) is 0 Å². The predicted molar refractivity (Wildman–Crippen MR) is 159 cm³/mol. The van der Waals surface area contributed by atoms with Gasteiger partial charge in [0.15, 0.2) is 0 Å². The molecule has 0 aromatic heterocycles. The third-order valence-electron chi connectivity index (χ3n) is 6.51. The van der Waals surface area contributed by atoms with Gasteiger partial charge in [-0.1, -0.05) is 48.5 Å². The number of benzene rings is 2. The zero-order valence-corrected chi connectivity index (χ0v) is 24.9. The zero-order valence-electron chi connectivity index (χ0n) is 24.9. The number of carbonyl (C=O) groups is 1. The van der Waals surface area contributed by atoms with Crippen LogP contribution >= 0.6 is 0 Å². The third-order valence-corrected chi connectivity index (χ3v) is 6.51. The lowest BCUT2D eigenvalue weighted by molar-refractivity contribution is -0.0201. The Morgan fingerprint density at radius 1 is 0.595 bits per heavy atom. The summed E-state index contributed by atoms with van der Waals surface area (Å²) in [5.74, 6) is 0.0583. The minimum absolute atomic E-state index is 0.0583. The quantitative estimate of drug-likeness (QED) is 0.172. The fraction of sp³-hybridized carbons (Fsp3) is 0.594. The van der Waals surface area contributed by atoms with Crippen molar-refractivity contribution in [1.29, 1.82) is 0 Å². The topological polar surface area (TPSA) is 103 Å². The van der Waals surface area contributed by atoms with Crippen LogP contribution in [0.5, 0.6) is 0 Å². The van der Waals surface area contributed by atoms with Gasteiger partial charge in [-0.15, -0.1) is 0 Å². The molecule has 0 aliphatic heterocycles. The van der Waals surface area contributed by atoms with E-state index >= 15 is 0 Å². The number of carbonyl (C=O) groups excluding carboxylic acids is 1. The summed E-state index contributed by atoms with van der Waals surface area (Å²) >= 11 is 0. The van der Waals surface area contributed by atoms with Gasteiger partial charge < -0.3 is 43.2 Å². The van der Waals surface area contributed by atoms with Crippen LogP contribution < -0.4 is 5.32 Å². The number of alkyl carbamates (subject to hydrolysis) is 1. The molecule has 1 amide bonds. The number of hydrogen-bond donors (Lipinski definition) is 1. The molecule has 0 heterocycles. The summed E-state index contributed by atoms with van der Waals surface area (Å²) in [5, 5.41) is 2.80. The summed E-state index contributed by atoms with van der Waals surface area (Å²) in [6.45, 7) is 10.4. The molecule has 3 rings (SSSR count). The van der Waals surface area contributed by atoms with Crippen LogP contribution in [0.15, 0.2) is 48.5 Å². The minimum Gasteiger partial charge on any atom is -0.449 e. The van der Waals surface area contributed by atoms with Gasteiger partial charge in [0.25, 0.3) is 0 Å². The molecule has 1 aliphatic rings. The second-order valence-electron chi connectivity index (χ2n) is 9.48. The predicted octanol–water partition coefficient (Wildman–Crippen LogP) is 4.05. The monoisotopic (exact) mass is 589 g/mol. The first-order chi connectivity index (χ1) is 20.8. The Hall–Kier alpha value is -2.57. The highest BCUT2D eigenvalue weighted by atomic mass is 16.6. The molecule has 0 bridgehead atoms. The molecule has 0 unspecified atom stereocenters. The lowest BCUT2D eigenvalue weighted by Gasteiger charge is -2.14. The Balaban J connectivity index is 1.05. The summed E-state index contributed by atoms with van der Waals surface area (Å²) in [6, 6.07) is 16.6. The van der Waals surface area contributed by atoms with Gasteiger partial charge in [-0.25, -0.2) is 4.79 Å². The van der Waals surface area contributed by atoms with E-state index in [1.807, 2.05) is 31.2 Å². The molecule has 42 heavy (non-hydrogen) atoms. The van der Waals surface area contributed by atoms with Crippen LogP contribution in [0.4, 0.5) is 4.79 Å². The van der Waals surface area contributed by atoms with Crippen molar-refractivity contribution >= 4 is 6.09 Å². The van der Waals surface area contributed by atoms with E-state index in [4.69, 9.17) is 37.9 Å². The van der Waals surface area contributed by atoms with Gasteiger partial charge in [0, 0.05) is 25.7 Å². The highest BCUT2D eigenvalue weighted by Gasteiger charge is 2.28. The average molecular weight is 590 g/mol. The van der Waals surface area contributed by atoms with Gasteiger partial charge in [0.2, 0.25) is 0 Å². The van der Waals surface area contributed by atoms with Gasteiger partial charge in [0.1, 0.15) is 6.61 Å². The largest absolute Gasteiger partial charge is 0.449 e. The van der Waals surface area contributed by atoms with Crippen LogP contribution in [-0.4, -0.2) is 112 Å². The fourth-order valence-electron chi connectivity index (χ4n) is 4.48. The van der Waals surface area contributed by atoms with Crippen LogP contribution in [0.1, 0.15) is 30.4 Å². The van der Waals surface area contributed by atoms with Crippen LogP contribution in [0, 0.1) is 0 Å². The Bertz CT molecular complexity index is 944. The molecule has 0 saturated carbocycles. The summed E-state index contributed by atoms with van der Waals surface area (Å²) in [4.78, 5) is 12.2. The normalized spacial score (nSPS) is 12.3. The molecule has 10 nitrogen and oxygen atoms in total. The summed E-state index contributed by atoms with van der Waals surface area (Å²) in [7, 11) is 0. The molecule has 10 heteroatoms. The molecule has 1 aliphatic carbocycles. The van der Waals surface area contributed by atoms with E-state index in [9.17, 15) is 4.79 Å². The Kier molecular flexibility index (Phi) is 17.8. The van der Waals surface area contributed by atoms with Crippen molar-refractivity contribution < 1.29 is 42.7 Å². The van der Waals surface area contributed by atoms with Crippen molar-refractivity contribution in [2.75, 3.05) is 106 Å². The van der Waals surface area contributed by atoms with Gasteiger partial charge in [-0.3, -0.25) is 0 Å². The second-order valence-corrected chi connectivity index (χ2v) is 9.48. The Morgan fingerprint density at radius 3 is 1.45 bits per heavy atom. The molecular weight excluding hydrogens is 542 g/mol. The second kappa shape index (κ2) is 22.0. The molecular formula is C32H47NO9. The summed E-state index contributed by atoms with van der Waals surface area (Å²) in [5.41, 5.74) is 4.83. The summed E-state index contributed by atoms with van der Waals surface area (Å²) < 4.78 is 43.5. The maximum absolute atomic E-state index is 12.2. The molecule has 0 fully saturated rings. The maximum Gasteiger partial charge on any atom is 0.407 e. The molecule has 1 N–H and O–H groups in total. The molecule has 234 valence electrons. The zero-order chi connectivity index (χ0) is 29.5. The number of nitrogens with one attached hydrogen (secondary N) is 1. The van der Waals surface area contributed by atoms with Crippen LogP contribution in [0.2, 0.25) is 0 Å². The van der Waals surface area contributed by atoms with Gasteiger partial charge in [0.05, 0.1) is 79.3 Å². The van der Waals surface area contributed by atoms with Gasteiger partial charge in [-0.2, -0.15) is 0 Å². The third kappa shape index (κ3) is 13.2. The van der Waals surface area contributed by atoms with Crippen molar-refractivity contribution in [3.05, 3.63) is 59.7 Å². The van der Waals surface area contributed by atoms with Crippen molar-refractivity contribution in [3.63, 3.8) is 0 Å².